The van der Waals surface area contributed by atoms with Gasteiger partial charge in [-0.15, -0.1) is 0 Å². The summed E-state index contributed by atoms with van der Waals surface area (Å²) in [6, 6.07) is 16.6. The van der Waals surface area contributed by atoms with Gasteiger partial charge in [0.05, 0.1) is 21.8 Å². The summed E-state index contributed by atoms with van der Waals surface area (Å²) in [5.74, 6) is -2.07. The summed E-state index contributed by atoms with van der Waals surface area (Å²) in [7, 11) is 0. The summed E-state index contributed by atoms with van der Waals surface area (Å²) < 4.78 is 0.742. The Kier molecular flexibility index (Phi) is 5.32. The van der Waals surface area contributed by atoms with Gasteiger partial charge in [0, 0.05) is 15.6 Å². The maximum absolute atomic E-state index is 13.2. The van der Waals surface area contributed by atoms with E-state index in [2.05, 4.69) is 4.98 Å². The van der Waals surface area contributed by atoms with Crippen LogP contribution in [-0.4, -0.2) is 26.9 Å². The van der Waals surface area contributed by atoms with Crippen LogP contribution < -0.4 is 4.90 Å². The highest BCUT2D eigenvalue weighted by atomic mass is 35.5. The molecule has 1 unspecified atom stereocenters. The van der Waals surface area contributed by atoms with Crippen LogP contribution >= 0.6 is 34.5 Å². The van der Waals surface area contributed by atoms with Crippen LogP contribution in [0.4, 0.5) is 5.13 Å². The molecule has 1 saturated heterocycles. The molecule has 0 aliphatic carbocycles. The highest BCUT2D eigenvalue weighted by Gasteiger charge is 2.48. The molecule has 5 rings (SSSR count). The number of hydrogen-bond donors (Lipinski definition) is 2. The number of nitrogens with zero attached hydrogens (tertiary/aromatic N) is 2. The number of phenols is 1. The summed E-state index contributed by atoms with van der Waals surface area (Å²) in [6.07, 6.45) is 0. The molecule has 1 aliphatic heterocycles. The van der Waals surface area contributed by atoms with Crippen molar-refractivity contribution in [2.45, 2.75) is 6.04 Å². The zero-order chi connectivity index (χ0) is 23.3. The Morgan fingerprint density at radius 1 is 0.970 bits per heavy atom. The normalized spacial score (nSPS) is 17.8. The first-order valence-electron chi connectivity index (χ1n) is 9.75. The molecule has 1 amide bonds. The van der Waals surface area contributed by atoms with E-state index in [1.54, 1.807) is 54.6 Å². The van der Waals surface area contributed by atoms with Crippen molar-refractivity contribution in [1.29, 1.82) is 0 Å². The number of benzene rings is 3. The fourth-order valence-electron chi connectivity index (χ4n) is 3.79. The number of hydrogen-bond acceptors (Lipinski definition) is 6. The molecule has 0 radical (unpaired) electrons. The van der Waals surface area contributed by atoms with Crippen LogP contribution in [0.3, 0.4) is 0 Å². The maximum Gasteiger partial charge on any atom is 0.301 e. The fourth-order valence-corrected chi connectivity index (χ4v) is 5.19. The van der Waals surface area contributed by atoms with Gasteiger partial charge in [0.15, 0.2) is 5.13 Å². The Morgan fingerprint density at radius 3 is 2.42 bits per heavy atom. The largest absolute Gasteiger partial charge is 0.508 e. The van der Waals surface area contributed by atoms with E-state index < -0.39 is 17.7 Å². The molecule has 33 heavy (non-hydrogen) atoms. The summed E-state index contributed by atoms with van der Waals surface area (Å²) >= 11 is 13.2. The SMILES string of the molecule is O=C1C(=O)N(c2nc3ccc(Cl)cc3s2)C(c2cccc(O)c2)C1=C(O)c1ccc(Cl)cc1. The van der Waals surface area contributed by atoms with Crippen molar-refractivity contribution in [2.75, 3.05) is 4.90 Å². The molecular formula is C24H14Cl2N2O4S. The fraction of sp³-hybridized carbons (Fsp3) is 0.0417. The van der Waals surface area contributed by atoms with Crippen LogP contribution in [0.15, 0.2) is 72.3 Å². The molecule has 1 atom stereocenters. The quantitative estimate of drug-likeness (QED) is 0.208. The molecule has 1 aliphatic rings. The van der Waals surface area contributed by atoms with Crippen LogP contribution in [0, 0.1) is 0 Å². The average molecular weight is 497 g/mol. The first kappa shape index (κ1) is 21.5. The van der Waals surface area contributed by atoms with Gasteiger partial charge in [0.2, 0.25) is 0 Å². The van der Waals surface area contributed by atoms with Crippen molar-refractivity contribution in [3.63, 3.8) is 0 Å². The van der Waals surface area contributed by atoms with Crippen LogP contribution in [-0.2, 0) is 9.59 Å². The standard InChI is InChI=1S/C24H14Cl2N2O4S/c25-14-6-4-12(5-7-14)21(30)19-20(13-2-1-3-16(29)10-13)28(23(32)22(19)31)24-27-17-9-8-15(26)11-18(17)33-24/h1-11,20,29-30H. The zero-order valence-electron chi connectivity index (χ0n) is 16.7. The van der Waals surface area contributed by atoms with E-state index in [0.717, 1.165) is 4.70 Å². The van der Waals surface area contributed by atoms with E-state index in [1.807, 2.05) is 0 Å². The molecule has 0 saturated carbocycles. The number of amides is 1. The number of anilines is 1. The monoisotopic (exact) mass is 496 g/mol. The van der Waals surface area contributed by atoms with Gasteiger partial charge in [-0.2, -0.15) is 0 Å². The van der Waals surface area contributed by atoms with Gasteiger partial charge < -0.3 is 10.2 Å². The smallest absolute Gasteiger partial charge is 0.301 e. The van der Waals surface area contributed by atoms with E-state index in [4.69, 9.17) is 23.2 Å². The lowest BCUT2D eigenvalue weighted by molar-refractivity contribution is -0.132. The Hall–Kier alpha value is -3.39. The molecule has 1 fully saturated rings. The number of rotatable bonds is 3. The second kappa shape index (κ2) is 8.19. The summed E-state index contributed by atoms with van der Waals surface area (Å²) in [6.45, 7) is 0. The molecule has 0 spiro atoms. The minimum atomic E-state index is -0.996. The summed E-state index contributed by atoms with van der Waals surface area (Å²) in [5.41, 5.74) is 1.29. The number of thiazole rings is 1. The molecule has 0 bridgehead atoms. The van der Waals surface area contributed by atoms with Crippen LogP contribution in [0.1, 0.15) is 17.2 Å². The Morgan fingerprint density at radius 2 is 1.70 bits per heavy atom. The molecule has 2 heterocycles. The van der Waals surface area contributed by atoms with E-state index >= 15 is 0 Å². The first-order valence-corrected chi connectivity index (χ1v) is 11.3. The lowest BCUT2D eigenvalue weighted by Crippen LogP contribution is -2.29. The summed E-state index contributed by atoms with van der Waals surface area (Å²) in [5, 5.41) is 22.4. The third-order valence-corrected chi connectivity index (χ3v) is 6.80. The molecule has 3 aromatic carbocycles. The molecule has 164 valence electrons. The number of aromatic hydroxyl groups is 1. The van der Waals surface area contributed by atoms with Crippen molar-refractivity contribution in [3.8, 4) is 5.75 Å². The number of ketones is 1. The van der Waals surface area contributed by atoms with Crippen molar-refractivity contribution in [1.82, 2.24) is 4.98 Å². The molecular weight excluding hydrogens is 483 g/mol. The van der Waals surface area contributed by atoms with Gasteiger partial charge in [-0.3, -0.25) is 14.5 Å². The van der Waals surface area contributed by atoms with Crippen LogP contribution in [0.5, 0.6) is 5.75 Å². The van der Waals surface area contributed by atoms with Gasteiger partial charge in [0.1, 0.15) is 11.5 Å². The number of Topliss-reactive ketones (excluding diaryl/α,β-unsaturated/α-hetero) is 1. The van der Waals surface area contributed by atoms with Gasteiger partial charge in [0.25, 0.3) is 5.78 Å². The van der Waals surface area contributed by atoms with E-state index in [-0.39, 0.29) is 22.2 Å². The average Bonchev–Trinajstić information content (AvgIpc) is 3.32. The lowest BCUT2D eigenvalue weighted by Gasteiger charge is -2.23. The van der Waals surface area contributed by atoms with Gasteiger partial charge in [-0.25, -0.2) is 4.98 Å². The third kappa shape index (κ3) is 3.74. The third-order valence-electron chi connectivity index (χ3n) is 5.29. The van der Waals surface area contributed by atoms with E-state index in [1.165, 1.54) is 28.4 Å². The minimum absolute atomic E-state index is 0.0411. The minimum Gasteiger partial charge on any atom is -0.508 e. The van der Waals surface area contributed by atoms with Crippen LogP contribution in [0.2, 0.25) is 10.0 Å². The van der Waals surface area contributed by atoms with E-state index in [9.17, 15) is 19.8 Å². The van der Waals surface area contributed by atoms with Crippen molar-refractivity contribution < 1.29 is 19.8 Å². The van der Waals surface area contributed by atoms with Gasteiger partial charge >= 0.3 is 5.91 Å². The number of phenolic OH excluding ortho intramolecular Hbond substituents is 1. The topological polar surface area (TPSA) is 90.7 Å². The maximum atomic E-state index is 13.2. The summed E-state index contributed by atoms with van der Waals surface area (Å²) in [4.78, 5) is 32.1. The highest BCUT2D eigenvalue weighted by molar-refractivity contribution is 7.22. The number of carbonyl (C=O) groups is 2. The van der Waals surface area contributed by atoms with Crippen molar-refractivity contribution >= 4 is 67.3 Å². The molecule has 9 heteroatoms. The zero-order valence-corrected chi connectivity index (χ0v) is 19.0. The number of aliphatic hydroxyl groups is 1. The number of aliphatic hydroxyl groups excluding tert-OH is 1. The Bertz CT molecular complexity index is 1460. The van der Waals surface area contributed by atoms with Gasteiger partial charge in [-0.05, 0) is 60.2 Å². The number of halogens is 2. The number of fused-ring (bicyclic) bond motifs is 1. The first-order chi connectivity index (χ1) is 15.8. The Balaban J connectivity index is 1.74. The number of aromatic nitrogens is 1. The second-order valence-electron chi connectivity index (χ2n) is 7.38. The van der Waals surface area contributed by atoms with Crippen LogP contribution in [0.25, 0.3) is 16.0 Å². The molecule has 2 N–H and O–H groups in total. The second-order valence-corrected chi connectivity index (χ2v) is 9.26. The Labute approximate surface area is 201 Å². The van der Waals surface area contributed by atoms with Crippen molar-refractivity contribution in [3.05, 3.63) is 93.5 Å². The van der Waals surface area contributed by atoms with Gasteiger partial charge in [-0.1, -0.05) is 46.7 Å². The van der Waals surface area contributed by atoms with E-state index in [0.29, 0.717) is 26.7 Å². The molecule has 4 aromatic rings. The lowest BCUT2D eigenvalue weighted by atomic mass is 9.95. The highest BCUT2D eigenvalue weighted by Crippen LogP contribution is 2.45. The molecule has 6 nitrogen and oxygen atoms in total. The number of carbonyl (C=O) groups excluding carboxylic acids is 2. The van der Waals surface area contributed by atoms with Crippen molar-refractivity contribution in [2.24, 2.45) is 0 Å². The predicted octanol–water partition coefficient (Wildman–Crippen LogP) is 5.94. The molecule has 1 aromatic heterocycles. The predicted molar refractivity (Wildman–Crippen MR) is 129 cm³/mol.